The summed E-state index contributed by atoms with van der Waals surface area (Å²) in [4.78, 5) is 14.4. The van der Waals surface area contributed by atoms with E-state index in [2.05, 4.69) is 15.5 Å². The Hall–Kier alpha value is -1.51. The maximum atomic E-state index is 12.2. The molecule has 1 fully saturated rings. The van der Waals surface area contributed by atoms with Gasteiger partial charge in [-0.2, -0.15) is 0 Å². The molecule has 1 aromatic rings. The van der Waals surface area contributed by atoms with Crippen LogP contribution in [0.1, 0.15) is 25.7 Å². The third-order valence-electron chi connectivity index (χ3n) is 4.41. The molecule has 0 aliphatic carbocycles. The summed E-state index contributed by atoms with van der Waals surface area (Å²) in [6.07, 6.45) is 5.21. The van der Waals surface area contributed by atoms with Crippen LogP contribution in [-0.4, -0.2) is 58.2 Å². The van der Waals surface area contributed by atoms with Crippen LogP contribution in [0.3, 0.4) is 0 Å². The van der Waals surface area contributed by atoms with E-state index in [1.165, 1.54) is 17.8 Å². The largest absolute Gasteiger partial charge is 0.370 e. The lowest BCUT2D eigenvalue weighted by Crippen LogP contribution is -2.34. The second-order valence-corrected chi connectivity index (χ2v) is 9.05. The fourth-order valence-electron chi connectivity index (χ4n) is 2.85. The second kappa shape index (κ2) is 9.43. The molecule has 2 rings (SSSR count). The van der Waals surface area contributed by atoms with E-state index in [4.69, 9.17) is 11.6 Å². The van der Waals surface area contributed by atoms with Gasteiger partial charge in [0.15, 0.2) is 0 Å². The molecule has 0 atom stereocenters. The number of carbonyl (C=O) groups excluding carboxylic acids is 1. The average molecular weight is 403 g/mol. The number of carbonyl (C=O) groups is 1. The molecule has 0 unspecified atom stereocenters. The second-order valence-electron chi connectivity index (χ2n) is 6.53. The lowest BCUT2D eigenvalue weighted by Gasteiger charge is -2.30. The third kappa shape index (κ3) is 6.34. The van der Waals surface area contributed by atoms with E-state index in [0.29, 0.717) is 30.2 Å². The van der Waals surface area contributed by atoms with Crippen LogP contribution in [-0.2, 0) is 10.0 Å². The van der Waals surface area contributed by atoms with Gasteiger partial charge in [-0.1, -0.05) is 11.6 Å². The Morgan fingerprint density at radius 1 is 1.27 bits per heavy atom. The predicted octanol–water partition coefficient (Wildman–Crippen LogP) is 2.73. The monoisotopic (exact) mass is 402 g/mol. The van der Waals surface area contributed by atoms with Crippen LogP contribution in [0.4, 0.5) is 16.2 Å². The molecule has 2 N–H and O–H groups in total. The zero-order valence-electron chi connectivity index (χ0n) is 15.3. The van der Waals surface area contributed by atoms with Gasteiger partial charge in [0.1, 0.15) is 0 Å². The van der Waals surface area contributed by atoms with Crippen molar-refractivity contribution < 1.29 is 13.2 Å². The minimum Gasteiger partial charge on any atom is -0.370 e. The predicted molar refractivity (Wildman–Crippen MR) is 107 cm³/mol. The van der Waals surface area contributed by atoms with Gasteiger partial charge in [0.2, 0.25) is 10.0 Å². The molecule has 0 spiro atoms. The molecule has 0 radical (unpaired) electrons. The van der Waals surface area contributed by atoms with Crippen molar-refractivity contribution in [3.63, 3.8) is 0 Å². The Kier molecular flexibility index (Phi) is 7.55. The van der Waals surface area contributed by atoms with Crippen molar-refractivity contribution in [2.45, 2.75) is 25.7 Å². The van der Waals surface area contributed by atoms with Crippen molar-refractivity contribution in [3.05, 3.63) is 23.2 Å². The van der Waals surface area contributed by atoms with Gasteiger partial charge in [0.25, 0.3) is 0 Å². The number of benzene rings is 1. The van der Waals surface area contributed by atoms with Crippen molar-refractivity contribution in [1.82, 2.24) is 9.62 Å². The highest BCUT2D eigenvalue weighted by atomic mass is 35.5. The molecule has 2 amide bonds. The van der Waals surface area contributed by atoms with Crippen LogP contribution in [0.2, 0.25) is 5.02 Å². The highest BCUT2D eigenvalue weighted by Crippen LogP contribution is 2.31. The first-order chi connectivity index (χ1) is 12.3. The maximum Gasteiger partial charge on any atom is 0.319 e. The fourth-order valence-corrected chi connectivity index (χ4v) is 3.49. The van der Waals surface area contributed by atoms with Crippen LogP contribution >= 0.6 is 11.6 Å². The number of sulfonamides is 1. The van der Waals surface area contributed by atoms with Crippen molar-refractivity contribution >= 4 is 39.0 Å². The number of piperidine rings is 1. The van der Waals surface area contributed by atoms with Crippen LogP contribution in [0.25, 0.3) is 0 Å². The Balaban J connectivity index is 1.89. The molecule has 7 nitrogen and oxygen atoms in total. The summed E-state index contributed by atoms with van der Waals surface area (Å²) in [5, 5.41) is 6.18. The van der Waals surface area contributed by atoms with E-state index in [-0.39, 0.29) is 6.03 Å². The van der Waals surface area contributed by atoms with Crippen LogP contribution in [0, 0.1) is 0 Å². The normalized spacial score (nSPS) is 15.2. The molecule has 0 aromatic heterocycles. The van der Waals surface area contributed by atoms with Gasteiger partial charge in [0.05, 0.1) is 17.6 Å². The van der Waals surface area contributed by atoms with Crippen molar-refractivity contribution in [1.29, 1.82) is 0 Å². The van der Waals surface area contributed by atoms with E-state index in [1.54, 1.807) is 6.07 Å². The Morgan fingerprint density at radius 2 is 1.96 bits per heavy atom. The summed E-state index contributed by atoms with van der Waals surface area (Å²) in [6, 6.07) is 5.19. The summed E-state index contributed by atoms with van der Waals surface area (Å²) in [5.74, 6) is 0. The summed E-state index contributed by atoms with van der Waals surface area (Å²) in [6.45, 7) is 2.67. The number of urea groups is 1. The van der Waals surface area contributed by atoms with Crippen molar-refractivity contribution in [2.75, 3.05) is 49.7 Å². The topological polar surface area (TPSA) is 81.8 Å². The molecular formula is C17H27ClN4O3S. The van der Waals surface area contributed by atoms with Gasteiger partial charge in [-0.05, 0) is 43.9 Å². The number of hydrogen-bond acceptors (Lipinski definition) is 4. The summed E-state index contributed by atoms with van der Waals surface area (Å²) in [5.41, 5.74) is 1.66. The number of rotatable bonds is 7. The van der Waals surface area contributed by atoms with Gasteiger partial charge in [0, 0.05) is 38.2 Å². The standard InChI is InChI=1S/C17H27ClN4O3S/c1-21(26(2,24)25)10-6-9-19-17(23)20-15-13-14(18)7-8-16(15)22-11-4-3-5-12-22/h7-8,13H,3-6,9-12H2,1-2H3,(H2,19,20,23). The van der Waals surface area contributed by atoms with Gasteiger partial charge >= 0.3 is 6.03 Å². The average Bonchev–Trinajstić information content (AvgIpc) is 2.58. The quantitative estimate of drug-likeness (QED) is 0.687. The van der Waals surface area contributed by atoms with Crippen molar-refractivity contribution in [3.8, 4) is 0 Å². The first-order valence-electron chi connectivity index (χ1n) is 8.78. The first-order valence-corrected chi connectivity index (χ1v) is 11.0. The first kappa shape index (κ1) is 20.8. The molecule has 0 bridgehead atoms. The third-order valence-corrected chi connectivity index (χ3v) is 5.96. The molecule has 1 aliphatic rings. The smallest absolute Gasteiger partial charge is 0.319 e. The van der Waals surface area contributed by atoms with E-state index in [1.807, 2.05) is 12.1 Å². The Labute approximate surface area is 160 Å². The molecule has 1 aromatic carbocycles. The summed E-state index contributed by atoms with van der Waals surface area (Å²) in [7, 11) is -1.67. The minimum absolute atomic E-state index is 0.326. The lowest BCUT2D eigenvalue weighted by molar-refractivity contribution is 0.251. The molecule has 146 valence electrons. The van der Waals surface area contributed by atoms with Gasteiger partial charge in [-0.25, -0.2) is 17.5 Å². The number of nitrogens with one attached hydrogen (secondary N) is 2. The van der Waals surface area contributed by atoms with E-state index in [9.17, 15) is 13.2 Å². The Morgan fingerprint density at radius 3 is 2.62 bits per heavy atom. The number of amides is 2. The molecule has 1 aliphatic heterocycles. The van der Waals surface area contributed by atoms with Crippen LogP contribution in [0.5, 0.6) is 0 Å². The lowest BCUT2D eigenvalue weighted by atomic mass is 10.1. The zero-order chi connectivity index (χ0) is 19.2. The molecule has 9 heteroatoms. The van der Waals surface area contributed by atoms with Crippen LogP contribution < -0.4 is 15.5 Å². The number of nitrogens with zero attached hydrogens (tertiary/aromatic N) is 2. The SMILES string of the molecule is CN(CCCNC(=O)Nc1cc(Cl)ccc1N1CCCCC1)S(C)(=O)=O. The fraction of sp³-hybridized carbons (Fsp3) is 0.588. The Bertz CT molecular complexity index is 721. The zero-order valence-corrected chi connectivity index (χ0v) is 16.9. The minimum atomic E-state index is -3.19. The van der Waals surface area contributed by atoms with E-state index < -0.39 is 10.0 Å². The van der Waals surface area contributed by atoms with E-state index in [0.717, 1.165) is 37.9 Å². The summed E-state index contributed by atoms with van der Waals surface area (Å²) < 4.78 is 23.9. The molecular weight excluding hydrogens is 376 g/mol. The molecule has 0 saturated carbocycles. The van der Waals surface area contributed by atoms with Crippen molar-refractivity contribution in [2.24, 2.45) is 0 Å². The summed E-state index contributed by atoms with van der Waals surface area (Å²) >= 11 is 6.09. The molecule has 26 heavy (non-hydrogen) atoms. The van der Waals surface area contributed by atoms with E-state index >= 15 is 0 Å². The number of halogens is 1. The van der Waals surface area contributed by atoms with Gasteiger partial charge in [-0.3, -0.25) is 0 Å². The maximum absolute atomic E-state index is 12.2. The highest BCUT2D eigenvalue weighted by molar-refractivity contribution is 7.88. The van der Waals surface area contributed by atoms with Gasteiger partial charge < -0.3 is 15.5 Å². The molecule has 1 heterocycles. The highest BCUT2D eigenvalue weighted by Gasteiger charge is 2.16. The number of anilines is 2. The number of hydrogen-bond donors (Lipinski definition) is 2. The van der Waals surface area contributed by atoms with Gasteiger partial charge in [-0.15, -0.1) is 0 Å². The van der Waals surface area contributed by atoms with Crippen LogP contribution in [0.15, 0.2) is 18.2 Å². The molecule has 1 saturated heterocycles.